The first-order chi connectivity index (χ1) is 12.7. The fourth-order valence-corrected chi connectivity index (χ4v) is 3.61. The summed E-state index contributed by atoms with van der Waals surface area (Å²) >= 11 is 0. The molecular formula is C19H21FN2O4S. The van der Waals surface area contributed by atoms with Crippen molar-refractivity contribution < 1.29 is 22.3 Å². The van der Waals surface area contributed by atoms with Crippen molar-refractivity contribution in [3.63, 3.8) is 0 Å². The lowest BCUT2D eigenvalue weighted by atomic mass is 10.2. The Morgan fingerprint density at radius 2 is 1.81 bits per heavy atom. The zero-order valence-electron chi connectivity index (χ0n) is 15.1. The summed E-state index contributed by atoms with van der Waals surface area (Å²) in [6.07, 6.45) is 2.61. The summed E-state index contributed by atoms with van der Waals surface area (Å²) in [4.78, 5) is 12.6. The first-order valence-electron chi connectivity index (χ1n) is 8.12. The topological polar surface area (TPSA) is 75.7 Å². The Bertz CT molecular complexity index is 896. The molecule has 0 heterocycles. The van der Waals surface area contributed by atoms with E-state index < -0.39 is 27.8 Å². The molecule has 0 saturated carbocycles. The fourth-order valence-electron chi connectivity index (χ4n) is 2.43. The van der Waals surface area contributed by atoms with Crippen LogP contribution in [0.1, 0.15) is 6.92 Å². The van der Waals surface area contributed by atoms with Crippen LogP contribution >= 0.6 is 0 Å². The Morgan fingerprint density at radius 1 is 1.22 bits per heavy atom. The molecule has 0 bridgehead atoms. The standard InChI is InChI=1S/C19H21FN2O4S/c1-4-13-26-18-11-7-16(8-12-18)21-19(23)14(2)22(27(3,24)25)17-9-5-15(20)6-10-17/h4-12,14H,1,13H2,2-3H3,(H,21,23)/t14-/m1/s1. The van der Waals surface area contributed by atoms with Gasteiger partial charge in [-0.25, -0.2) is 12.8 Å². The van der Waals surface area contributed by atoms with Crippen LogP contribution in [0, 0.1) is 5.82 Å². The van der Waals surface area contributed by atoms with E-state index >= 15 is 0 Å². The normalized spacial score (nSPS) is 12.1. The predicted molar refractivity (Wildman–Crippen MR) is 104 cm³/mol. The third-order valence-electron chi connectivity index (χ3n) is 3.66. The van der Waals surface area contributed by atoms with E-state index in [4.69, 9.17) is 4.74 Å². The summed E-state index contributed by atoms with van der Waals surface area (Å²) < 4.78 is 43.8. The summed E-state index contributed by atoms with van der Waals surface area (Å²) in [5.41, 5.74) is 0.695. The highest BCUT2D eigenvalue weighted by Gasteiger charge is 2.29. The molecule has 0 fully saturated rings. The lowest BCUT2D eigenvalue weighted by Gasteiger charge is -2.28. The monoisotopic (exact) mass is 392 g/mol. The number of amides is 1. The maximum atomic E-state index is 13.1. The highest BCUT2D eigenvalue weighted by Crippen LogP contribution is 2.22. The number of halogens is 1. The average molecular weight is 392 g/mol. The van der Waals surface area contributed by atoms with Crippen LogP contribution in [0.25, 0.3) is 0 Å². The molecular weight excluding hydrogens is 371 g/mol. The van der Waals surface area contributed by atoms with E-state index in [0.29, 0.717) is 18.0 Å². The van der Waals surface area contributed by atoms with Crippen molar-refractivity contribution in [1.29, 1.82) is 0 Å². The Hall–Kier alpha value is -2.87. The van der Waals surface area contributed by atoms with Crippen LogP contribution in [0.3, 0.4) is 0 Å². The van der Waals surface area contributed by atoms with Crippen LogP contribution in [0.15, 0.2) is 61.2 Å². The number of benzene rings is 2. The zero-order valence-corrected chi connectivity index (χ0v) is 15.9. The van der Waals surface area contributed by atoms with E-state index in [1.54, 1.807) is 30.3 Å². The van der Waals surface area contributed by atoms with Crippen molar-refractivity contribution in [2.24, 2.45) is 0 Å². The van der Waals surface area contributed by atoms with Gasteiger partial charge in [0, 0.05) is 5.69 Å². The Kier molecular flexibility index (Phi) is 6.57. The molecule has 2 aromatic carbocycles. The molecule has 0 spiro atoms. The number of rotatable bonds is 8. The maximum Gasteiger partial charge on any atom is 0.247 e. The Morgan fingerprint density at radius 3 is 2.33 bits per heavy atom. The third kappa shape index (κ3) is 5.55. The summed E-state index contributed by atoms with van der Waals surface area (Å²) in [6.45, 7) is 5.39. The van der Waals surface area contributed by atoms with Gasteiger partial charge in [0.15, 0.2) is 0 Å². The van der Waals surface area contributed by atoms with Crippen LogP contribution < -0.4 is 14.4 Å². The molecule has 1 atom stereocenters. The molecule has 0 aliphatic rings. The van der Waals surface area contributed by atoms with E-state index in [1.807, 2.05) is 0 Å². The van der Waals surface area contributed by atoms with E-state index in [9.17, 15) is 17.6 Å². The summed E-state index contributed by atoms with van der Waals surface area (Å²) in [6, 6.07) is 10.5. The maximum absolute atomic E-state index is 13.1. The Balaban J connectivity index is 2.17. The van der Waals surface area contributed by atoms with Gasteiger partial charge in [-0.15, -0.1) is 0 Å². The molecule has 2 rings (SSSR count). The van der Waals surface area contributed by atoms with Gasteiger partial charge in [-0.05, 0) is 55.5 Å². The minimum Gasteiger partial charge on any atom is -0.490 e. The number of ether oxygens (including phenoxy) is 1. The largest absolute Gasteiger partial charge is 0.490 e. The van der Waals surface area contributed by atoms with Gasteiger partial charge < -0.3 is 10.1 Å². The number of sulfonamides is 1. The quantitative estimate of drug-likeness (QED) is 0.700. The summed E-state index contributed by atoms with van der Waals surface area (Å²) in [7, 11) is -3.76. The number of hydrogen-bond acceptors (Lipinski definition) is 4. The lowest BCUT2D eigenvalue weighted by molar-refractivity contribution is -0.116. The highest BCUT2D eigenvalue weighted by molar-refractivity contribution is 7.92. The molecule has 27 heavy (non-hydrogen) atoms. The number of hydrogen-bond donors (Lipinski definition) is 1. The highest BCUT2D eigenvalue weighted by atomic mass is 32.2. The number of carbonyl (C=O) groups excluding carboxylic acids is 1. The molecule has 2 aromatic rings. The first-order valence-corrected chi connectivity index (χ1v) is 9.97. The number of carbonyl (C=O) groups is 1. The van der Waals surface area contributed by atoms with Crippen LogP contribution in [-0.2, 0) is 14.8 Å². The molecule has 0 aliphatic carbocycles. The van der Waals surface area contributed by atoms with Crippen LogP contribution in [-0.4, -0.2) is 33.2 Å². The van der Waals surface area contributed by atoms with Crippen LogP contribution in [0.5, 0.6) is 5.75 Å². The number of nitrogens with one attached hydrogen (secondary N) is 1. The molecule has 1 N–H and O–H groups in total. The van der Waals surface area contributed by atoms with Crippen molar-refractivity contribution >= 4 is 27.3 Å². The predicted octanol–water partition coefficient (Wildman–Crippen LogP) is 3.18. The smallest absolute Gasteiger partial charge is 0.247 e. The van der Waals surface area contributed by atoms with Gasteiger partial charge in [-0.1, -0.05) is 12.7 Å². The molecule has 0 aliphatic heterocycles. The van der Waals surface area contributed by atoms with Gasteiger partial charge >= 0.3 is 0 Å². The summed E-state index contributed by atoms with van der Waals surface area (Å²) in [5.74, 6) is -0.405. The lowest BCUT2D eigenvalue weighted by Crippen LogP contribution is -2.45. The van der Waals surface area contributed by atoms with Crippen molar-refractivity contribution in [2.45, 2.75) is 13.0 Å². The van der Waals surface area contributed by atoms with Gasteiger partial charge in [0.25, 0.3) is 0 Å². The molecule has 0 saturated heterocycles. The number of nitrogens with zero attached hydrogens (tertiary/aromatic N) is 1. The van der Waals surface area contributed by atoms with Gasteiger partial charge in [-0.3, -0.25) is 9.10 Å². The van der Waals surface area contributed by atoms with Crippen molar-refractivity contribution in [3.8, 4) is 5.75 Å². The SMILES string of the molecule is C=CCOc1ccc(NC(=O)[C@@H](C)N(c2ccc(F)cc2)S(C)(=O)=O)cc1. The van der Waals surface area contributed by atoms with Crippen molar-refractivity contribution in [1.82, 2.24) is 0 Å². The molecule has 0 aromatic heterocycles. The van der Waals surface area contributed by atoms with E-state index in [0.717, 1.165) is 22.7 Å². The van der Waals surface area contributed by atoms with Crippen LogP contribution in [0.4, 0.5) is 15.8 Å². The molecule has 0 unspecified atom stereocenters. The average Bonchev–Trinajstić information content (AvgIpc) is 2.61. The van der Waals surface area contributed by atoms with Gasteiger partial charge in [-0.2, -0.15) is 0 Å². The fraction of sp³-hybridized carbons (Fsp3) is 0.211. The van der Waals surface area contributed by atoms with E-state index in [2.05, 4.69) is 11.9 Å². The second-order valence-electron chi connectivity index (χ2n) is 5.82. The van der Waals surface area contributed by atoms with Crippen molar-refractivity contribution in [2.75, 3.05) is 22.5 Å². The molecule has 144 valence electrons. The van der Waals surface area contributed by atoms with Gasteiger partial charge in [0.1, 0.15) is 24.2 Å². The summed E-state index contributed by atoms with van der Waals surface area (Å²) in [5, 5.41) is 2.66. The minimum atomic E-state index is -3.76. The van der Waals surface area contributed by atoms with Crippen molar-refractivity contribution in [3.05, 3.63) is 67.0 Å². The third-order valence-corrected chi connectivity index (χ3v) is 4.90. The Labute approximate surface area is 158 Å². The zero-order chi connectivity index (χ0) is 20.0. The molecule has 1 amide bonds. The van der Waals surface area contributed by atoms with Crippen LogP contribution in [0.2, 0.25) is 0 Å². The molecule has 6 nitrogen and oxygen atoms in total. The van der Waals surface area contributed by atoms with E-state index in [1.165, 1.54) is 19.1 Å². The minimum absolute atomic E-state index is 0.203. The molecule has 0 radical (unpaired) electrons. The second-order valence-corrected chi connectivity index (χ2v) is 7.68. The second kappa shape index (κ2) is 8.68. The first kappa shape index (κ1) is 20.4. The van der Waals surface area contributed by atoms with Gasteiger partial charge in [0.2, 0.25) is 15.9 Å². The van der Waals surface area contributed by atoms with Gasteiger partial charge in [0.05, 0.1) is 11.9 Å². The molecule has 8 heteroatoms. The van der Waals surface area contributed by atoms with E-state index in [-0.39, 0.29) is 5.69 Å². The number of anilines is 2.